The third-order valence-corrected chi connectivity index (χ3v) is 6.38. The van der Waals surface area contributed by atoms with Gasteiger partial charge in [0.2, 0.25) is 0 Å². The molecule has 3 N–H and O–H groups in total. The van der Waals surface area contributed by atoms with E-state index in [-0.39, 0.29) is 0 Å². The lowest BCUT2D eigenvalue weighted by Crippen LogP contribution is -2.58. The molecule has 0 saturated carbocycles. The number of amides is 1. The van der Waals surface area contributed by atoms with Crippen molar-refractivity contribution >= 4 is 44.9 Å². The normalized spacial score (nSPS) is 14.7. The van der Waals surface area contributed by atoms with Gasteiger partial charge < -0.3 is 20.5 Å². The first-order valence-corrected chi connectivity index (χ1v) is 11.3. The minimum absolute atomic E-state index is 0.362. The van der Waals surface area contributed by atoms with Crippen LogP contribution in [0.25, 0.3) is 33.1 Å². The Balaban J connectivity index is 1.28. The number of nitrogens with two attached hydrogens (primary N) is 1. The average molecular weight is 485 g/mol. The van der Waals surface area contributed by atoms with Crippen molar-refractivity contribution in [3.8, 4) is 11.4 Å². The molecule has 0 bridgehead atoms. The smallest absolute Gasteiger partial charge is 0.282 e. The van der Waals surface area contributed by atoms with E-state index in [9.17, 15) is 13.6 Å². The Hall–Kier alpha value is -4.60. The first kappa shape index (κ1) is 21.9. The van der Waals surface area contributed by atoms with Crippen molar-refractivity contribution in [3.63, 3.8) is 0 Å². The van der Waals surface area contributed by atoms with Crippen LogP contribution in [0.15, 0.2) is 67.0 Å². The molecule has 5 aromatic rings. The number of aromatic nitrogens is 4. The first-order chi connectivity index (χ1) is 17.3. The Kier molecular flexibility index (Phi) is 4.85. The fraction of sp³-hybridized carbons (Fsp3) is 0.154. The zero-order valence-electron chi connectivity index (χ0n) is 19.2. The number of nitrogen functional groups attached to an aromatic ring is 1. The van der Waals surface area contributed by atoms with Gasteiger partial charge in [-0.25, -0.2) is 23.7 Å². The minimum atomic E-state index is -2.80. The van der Waals surface area contributed by atoms with Gasteiger partial charge in [0.1, 0.15) is 17.3 Å². The van der Waals surface area contributed by atoms with Crippen LogP contribution in [0.3, 0.4) is 0 Å². The third kappa shape index (κ3) is 3.76. The SMILES string of the molecule is Cn1c(C(=O)N2CC(F)(F)C2)cc2ccc(-c3nccc(Nc4ccc5c(N)nccc5c4)n3)cc21. The van der Waals surface area contributed by atoms with Gasteiger partial charge in [-0.3, -0.25) is 4.79 Å². The number of pyridine rings is 1. The fourth-order valence-corrected chi connectivity index (χ4v) is 4.49. The number of carbonyl (C=O) groups is 1. The monoisotopic (exact) mass is 485 g/mol. The molecule has 1 amide bonds. The summed E-state index contributed by atoms with van der Waals surface area (Å²) in [7, 11) is 1.75. The summed E-state index contributed by atoms with van der Waals surface area (Å²) in [6, 6.07) is 16.8. The number of benzene rings is 2. The molecule has 0 spiro atoms. The molecule has 0 atom stereocenters. The van der Waals surface area contributed by atoms with Crippen molar-refractivity contribution in [1.82, 2.24) is 24.4 Å². The zero-order chi connectivity index (χ0) is 25.0. The van der Waals surface area contributed by atoms with Gasteiger partial charge in [-0.2, -0.15) is 0 Å². The molecule has 1 saturated heterocycles. The van der Waals surface area contributed by atoms with E-state index >= 15 is 0 Å². The molecular weight excluding hydrogens is 464 g/mol. The number of rotatable bonds is 4. The van der Waals surface area contributed by atoms with Gasteiger partial charge in [-0.15, -0.1) is 0 Å². The van der Waals surface area contributed by atoms with Crippen molar-refractivity contribution in [3.05, 3.63) is 72.7 Å². The summed E-state index contributed by atoms with van der Waals surface area (Å²) in [5.41, 5.74) is 8.69. The Labute approximate surface area is 204 Å². The molecule has 8 nitrogen and oxygen atoms in total. The van der Waals surface area contributed by atoms with Crippen LogP contribution < -0.4 is 11.1 Å². The summed E-state index contributed by atoms with van der Waals surface area (Å²) in [5, 5.41) is 5.97. The van der Waals surface area contributed by atoms with E-state index in [2.05, 4.69) is 20.3 Å². The number of hydrogen-bond acceptors (Lipinski definition) is 6. The molecule has 180 valence electrons. The molecule has 1 fully saturated rings. The van der Waals surface area contributed by atoms with Gasteiger partial charge in [-0.05, 0) is 47.9 Å². The molecule has 3 aromatic heterocycles. The van der Waals surface area contributed by atoms with Gasteiger partial charge in [-0.1, -0.05) is 12.1 Å². The maximum atomic E-state index is 13.2. The minimum Gasteiger partial charge on any atom is -0.383 e. The Morgan fingerprint density at radius 3 is 2.61 bits per heavy atom. The Morgan fingerprint density at radius 1 is 1.00 bits per heavy atom. The number of alkyl halides is 2. The van der Waals surface area contributed by atoms with Crippen LogP contribution in [-0.2, 0) is 7.05 Å². The summed E-state index contributed by atoms with van der Waals surface area (Å²) in [5.74, 6) is -1.61. The van der Waals surface area contributed by atoms with E-state index in [4.69, 9.17) is 5.73 Å². The van der Waals surface area contributed by atoms with Crippen LogP contribution in [0.5, 0.6) is 0 Å². The number of halogens is 2. The topological polar surface area (TPSA) is 102 Å². The number of carbonyl (C=O) groups excluding carboxylic acids is 1. The summed E-state index contributed by atoms with van der Waals surface area (Å²) < 4.78 is 28.2. The fourth-order valence-electron chi connectivity index (χ4n) is 4.49. The highest BCUT2D eigenvalue weighted by Crippen LogP contribution is 2.31. The second-order valence-corrected chi connectivity index (χ2v) is 8.90. The summed E-state index contributed by atoms with van der Waals surface area (Å²) >= 11 is 0. The number of nitrogens with zero attached hydrogens (tertiary/aromatic N) is 5. The largest absolute Gasteiger partial charge is 0.383 e. The van der Waals surface area contributed by atoms with E-state index in [1.807, 2.05) is 42.5 Å². The molecule has 10 heteroatoms. The van der Waals surface area contributed by atoms with E-state index in [1.54, 1.807) is 36.1 Å². The van der Waals surface area contributed by atoms with Crippen LogP contribution in [0, 0.1) is 0 Å². The molecule has 0 radical (unpaired) electrons. The molecular formula is C26H21F2N7O. The zero-order valence-corrected chi connectivity index (χ0v) is 19.2. The average Bonchev–Trinajstić information content (AvgIpc) is 3.18. The quantitative estimate of drug-likeness (QED) is 0.386. The lowest BCUT2D eigenvalue weighted by molar-refractivity contribution is -0.113. The lowest BCUT2D eigenvalue weighted by atomic mass is 10.1. The van der Waals surface area contributed by atoms with Gasteiger partial charge in [0.05, 0.1) is 13.1 Å². The third-order valence-electron chi connectivity index (χ3n) is 6.38. The second-order valence-electron chi connectivity index (χ2n) is 8.90. The van der Waals surface area contributed by atoms with Crippen LogP contribution in [0.1, 0.15) is 10.5 Å². The van der Waals surface area contributed by atoms with Crippen molar-refractivity contribution in [2.75, 3.05) is 24.1 Å². The van der Waals surface area contributed by atoms with Crippen LogP contribution in [-0.4, -0.2) is 49.3 Å². The van der Waals surface area contributed by atoms with E-state index in [0.29, 0.717) is 23.2 Å². The van der Waals surface area contributed by atoms with Crippen molar-refractivity contribution in [2.24, 2.45) is 7.05 Å². The van der Waals surface area contributed by atoms with Crippen molar-refractivity contribution < 1.29 is 13.6 Å². The maximum absolute atomic E-state index is 13.2. The Morgan fingerprint density at radius 2 is 1.81 bits per heavy atom. The number of aryl methyl sites for hydroxylation is 1. The number of likely N-dealkylation sites (tertiary alicyclic amines) is 1. The predicted molar refractivity (Wildman–Crippen MR) is 134 cm³/mol. The number of hydrogen-bond donors (Lipinski definition) is 2. The maximum Gasteiger partial charge on any atom is 0.282 e. The molecule has 2 aromatic carbocycles. The van der Waals surface area contributed by atoms with Gasteiger partial charge >= 0.3 is 0 Å². The van der Waals surface area contributed by atoms with Gasteiger partial charge in [0, 0.05) is 47.0 Å². The van der Waals surface area contributed by atoms with Crippen LogP contribution in [0.2, 0.25) is 0 Å². The lowest BCUT2D eigenvalue weighted by Gasteiger charge is -2.38. The number of anilines is 3. The van der Waals surface area contributed by atoms with Crippen molar-refractivity contribution in [1.29, 1.82) is 0 Å². The predicted octanol–water partition coefficient (Wildman–Crippen LogP) is 4.60. The Bertz CT molecular complexity index is 1660. The first-order valence-electron chi connectivity index (χ1n) is 11.3. The van der Waals surface area contributed by atoms with Crippen molar-refractivity contribution in [2.45, 2.75) is 5.92 Å². The highest BCUT2D eigenvalue weighted by atomic mass is 19.3. The summed E-state index contributed by atoms with van der Waals surface area (Å²) in [4.78, 5) is 27.0. The highest BCUT2D eigenvalue weighted by molar-refractivity contribution is 6.00. The molecule has 6 rings (SSSR count). The van der Waals surface area contributed by atoms with Crippen LogP contribution in [0.4, 0.5) is 26.1 Å². The molecule has 1 aliphatic rings. The standard InChI is InChI=1S/C26H21F2N7O/c1-34-20-12-17(3-2-16(20)11-21(34)25(36)35-13-26(27,28)14-35)24-31-9-7-22(33-24)32-18-4-5-19-15(10-18)6-8-30-23(19)29/h2-12H,13-14H2,1H3,(H2,29,30)(H,31,32,33). The molecule has 1 aliphatic heterocycles. The number of fused-ring (bicyclic) bond motifs is 2. The van der Waals surface area contributed by atoms with E-state index in [1.165, 1.54) is 0 Å². The van der Waals surface area contributed by atoms with Gasteiger partial charge in [0.15, 0.2) is 5.82 Å². The molecule has 36 heavy (non-hydrogen) atoms. The molecule has 0 aliphatic carbocycles. The van der Waals surface area contributed by atoms with Crippen LogP contribution >= 0.6 is 0 Å². The summed E-state index contributed by atoms with van der Waals surface area (Å²) in [6.45, 7) is -1.10. The van der Waals surface area contributed by atoms with E-state index < -0.39 is 24.9 Å². The highest BCUT2D eigenvalue weighted by Gasteiger charge is 2.46. The van der Waals surface area contributed by atoms with Gasteiger partial charge in [0.25, 0.3) is 11.8 Å². The van der Waals surface area contributed by atoms with E-state index in [0.717, 1.165) is 37.8 Å². The second kappa shape index (κ2) is 7.98. The summed E-state index contributed by atoms with van der Waals surface area (Å²) in [6.07, 6.45) is 3.34. The molecule has 0 unspecified atom stereocenters. The number of nitrogens with one attached hydrogen (secondary N) is 1. The molecule has 4 heterocycles.